The molecule has 5 nitrogen and oxygen atoms in total. The number of pyridine rings is 1. The molecule has 5 heteroatoms. The van der Waals surface area contributed by atoms with Crippen LogP contribution in [0.5, 0.6) is 0 Å². The number of nitrogens with zero attached hydrogens (tertiary/aromatic N) is 3. The minimum absolute atomic E-state index is 0.0148. The summed E-state index contributed by atoms with van der Waals surface area (Å²) in [6, 6.07) is 12.1. The summed E-state index contributed by atoms with van der Waals surface area (Å²) in [4.78, 5) is 19.0. The minimum Gasteiger partial charge on any atom is -0.345 e. The molecule has 0 unspecified atom stereocenters. The Morgan fingerprint density at radius 3 is 2.31 bits per heavy atom. The van der Waals surface area contributed by atoms with Crippen LogP contribution in [0, 0.1) is 6.92 Å². The van der Waals surface area contributed by atoms with E-state index in [1.165, 1.54) is 5.56 Å². The predicted octanol–water partition coefficient (Wildman–Crippen LogP) is 4.55. The third kappa shape index (κ3) is 3.43. The molecule has 0 fully saturated rings. The van der Waals surface area contributed by atoms with Crippen LogP contribution in [0.4, 0.5) is 11.5 Å². The molecule has 0 saturated heterocycles. The molecule has 1 amide bonds. The molecule has 1 aromatic carbocycles. The largest absolute Gasteiger partial charge is 0.345 e. The van der Waals surface area contributed by atoms with Crippen molar-refractivity contribution >= 4 is 28.4 Å². The zero-order valence-corrected chi connectivity index (χ0v) is 16.3. The third-order valence-corrected chi connectivity index (χ3v) is 4.33. The summed E-state index contributed by atoms with van der Waals surface area (Å²) in [5.41, 5.74) is 3.50. The number of fused-ring (bicyclic) bond motifs is 1. The van der Waals surface area contributed by atoms with Gasteiger partial charge in [-0.3, -0.25) is 4.79 Å². The number of hydrogen-bond acceptors (Lipinski definition) is 3. The number of rotatable bonds is 3. The summed E-state index contributed by atoms with van der Waals surface area (Å²) < 4.78 is 2.07. The predicted molar refractivity (Wildman–Crippen MR) is 107 cm³/mol. The van der Waals surface area contributed by atoms with Crippen LogP contribution < -0.4 is 5.32 Å². The summed E-state index contributed by atoms with van der Waals surface area (Å²) in [5.74, 6) is 0.743. The third-order valence-electron chi connectivity index (χ3n) is 4.33. The Morgan fingerprint density at radius 2 is 1.73 bits per heavy atom. The van der Waals surface area contributed by atoms with E-state index in [4.69, 9.17) is 4.98 Å². The molecule has 3 rings (SSSR count). The number of anilines is 2. The standard InChI is InChI=1S/C21H26N4O/c1-14-7-9-15(10-8-14)22-18-12-11-16-17(20(26)24(5)6)13-25(19(16)23-18)21(2,3)4/h7-13H,1-6H3,(H,22,23). The van der Waals surface area contributed by atoms with Crippen LogP contribution >= 0.6 is 0 Å². The first kappa shape index (κ1) is 18.0. The summed E-state index contributed by atoms with van der Waals surface area (Å²) in [5, 5.41) is 4.21. The first-order chi connectivity index (χ1) is 12.2. The van der Waals surface area contributed by atoms with E-state index in [1.807, 2.05) is 30.5 Å². The van der Waals surface area contributed by atoms with Gasteiger partial charge in [0.1, 0.15) is 11.5 Å². The van der Waals surface area contributed by atoms with E-state index in [2.05, 4.69) is 49.7 Å². The molecule has 0 atom stereocenters. The van der Waals surface area contributed by atoms with Crippen LogP contribution in [0.3, 0.4) is 0 Å². The van der Waals surface area contributed by atoms with Crippen molar-refractivity contribution in [3.63, 3.8) is 0 Å². The molecule has 0 aliphatic rings. The number of carbonyl (C=O) groups excluding carboxylic acids is 1. The van der Waals surface area contributed by atoms with E-state index >= 15 is 0 Å². The maximum Gasteiger partial charge on any atom is 0.255 e. The smallest absolute Gasteiger partial charge is 0.255 e. The van der Waals surface area contributed by atoms with E-state index in [-0.39, 0.29) is 11.4 Å². The second kappa shape index (κ2) is 6.48. The van der Waals surface area contributed by atoms with Gasteiger partial charge in [0.05, 0.1) is 5.56 Å². The van der Waals surface area contributed by atoms with Crippen molar-refractivity contribution in [3.8, 4) is 0 Å². The van der Waals surface area contributed by atoms with Crippen molar-refractivity contribution < 1.29 is 4.79 Å². The van der Waals surface area contributed by atoms with Crippen molar-refractivity contribution in [2.24, 2.45) is 0 Å². The topological polar surface area (TPSA) is 50.2 Å². The molecule has 3 aromatic rings. The van der Waals surface area contributed by atoms with Crippen LogP contribution in [-0.2, 0) is 5.54 Å². The lowest BCUT2D eigenvalue weighted by molar-refractivity contribution is 0.0829. The van der Waals surface area contributed by atoms with E-state index in [0.29, 0.717) is 5.56 Å². The second-order valence-electron chi connectivity index (χ2n) is 7.84. The van der Waals surface area contributed by atoms with Gasteiger partial charge in [-0.05, 0) is 52.0 Å². The average Bonchev–Trinajstić information content (AvgIpc) is 2.95. The van der Waals surface area contributed by atoms with Crippen molar-refractivity contribution in [2.75, 3.05) is 19.4 Å². The van der Waals surface area contributed by atoms with Crippen molar-refractivity contribution in [1.29, 1.82) is 0 Å². The molecular formula is C21H26N4O. The normalized spacial score (nSPS) is 11.6. The number of nitrogens with one attached hydrogen (secondary N) is 1. The second-order valence-corrected chi connectivity index (χ2v) is 7.84. The monoisotopic (exact) mass is 350 g/mol. The molecule has 1 N–H and O–H groups in total. The Kier molecular flexibility index (Phi) is 4.48. The molecular weight excluding hydrogens is 324 g/mol. The highest BCUT2D eigenvalue weighted by Crippen LogP contribution is 2.29. The molecule has 136 valence electrons. The summed E-state index contributed by atoms with van der Waals surface area (Å²) in [7, 11) is 3.53. The van der Waals surface area contributed by atoms with Crippen LogP contribution in [0.1, 0.15) is 36.7 Å². The highest BCUT2D eigenvalue weighted by Gasteiger charge is 2.23. The molecule has 26 heavy (non-hydrogen) atoms. The average molecular weight is 350 g/mol. The Labute approximate surface area is 154 Å². The Balaban J connectivity index is 2.10. The number of carbonyl (C=O) groups is 1. The molecule has 2 heterocycles. The summed E-state index contributed by atoms with van der Waals surface area (Å²) >= 11 is 0. The fourth-order valence-electron chi connectivity index (χ4n) is 2.88. The van der Waals surface area contributed by atoms with Gasteiger partial charge in [-0.1, -0.05) is 17.7 Å². The minimum atomic E-state index is -0.182. The first-order valence-electron chi connectivity index (χ1n) is 8.75. The molecule has 0 aliphatic heterocycles. The maximum absolute atomic E-state index is 12.6. The highest BCUT2D eigenvalue weighted by molar-refractivity contribution is 6.06. The Hall–Kier alpha value is -2.82. The molecule has 0 saturated carbocycles. The Bertz CT molecular complexity index is 947. The van der Waals surface area contributed by atoms with Crippen LogP contribution in [0.2, 0.25) is 0 Å². The number of amides is 1. The van der Waals surface area contributed by atoms with Gasteiger partial charge in [-0.15, -0.1) is 0 Å². The molecule has 2 aromatic heterocycles. The van der Waals surface area contributed by atoms with Crippen molar-refractivity contribution in [3.05, 3.63) is 53.7 Å². The van der Waals surface area contributed by atoms with E-state index in [9.17, 15) is 4.79 Å². The van der Waals surface area contributed by atoms with Gasteiger partial charge in [0, 0.05) is 36.9 Å². The zero-order chi connectivity index (χ0) is 19.1. The molecule has 0 radical (unpaired) electrons. The lowest BCUT2D eigenvalue weighted by Crippen LogP contribution is -2.23. The van der Waals surface area contributed by atoms with Crippen molar-refractivity contribution in [1.82, 2.24) is 14.5 Å². The van der Waals surface area contributed by atoms with E-state index in [0.717, 1.165) is 22.5 Å². The van der Waals surface area contributed by atoms with E-state index in [1.54, 1.807) is 19.0 Å². The van der Waals surface area contributed by atoms with Gasteiger partial charge < -0.3 is 14.8 Å². The van der Waals surface area contributed by atoms with Gasteiger partial charge in [-0.2, -0.15) is 0 Å². The van der Waals surface area contributed by atoms with Crippen LogP contribution in [0.25, 0.3) is 11.0 Å². The lowest BCUT2D eigenvalue weighted by Gasteiger charge is -2.22. The lowest BCUT2D eigenvalue weighted by atomic mass is 10.1. The first-order valence-corrected chi connectivity index (χ1v) is 8.75. The number of hydrogen-bond donors (Lipinski definition) is 1. The quantitative estimate of drug-likeness (QED) is 0.754. The van der Waals surface area contributed by atoms with Gasteiger partial charge in [-0.25, -0.2) is 4.98 Å². The van der Waals surface area contributed by atoms with Crippen LogP contribution in [-0.4, -0.2) is 34.5 Å². The molecule has 0 aliphatic carbocycles. The number of aromatic nitrogens is 2. The van der Waals surface area contributed by atoms with Crippen molar-refractivity contribution in [2.45, 2.75) is 33.2 Å². The maximum atomic E-state index is 12.6. The fourth-order valence-corrected chi connectivity index (χ4v) is 2.88. The Morgan fingerprint density at radius 1 is 1.08 bits per heavy atom. The SMILES string of the molecule is Cc1ccc(Nc2ccc3c(C(=O)N(C)C)cn(C(C)(C)C)c3n2)cc1. The van der Waals surface area contributed by atoms with Gasteiger partial charge in [0.2, 0.25) is 0 Å². The number of benzene rings is 1. The fraction of sp³-hybridized carbons (Fsp3) is 0.333. The van der Waals surface area contributed by atoms with Crippen LogP contribution in [0.15, 0.2) is 42.6 Å². The van der Waals surface area contributed by atoms with Gasteiger partial charge >= 0.3 is 0 Å². The van der Waals surface area contributed by atoms with E-state index < -0.39 is 0 Å². The highest BCUT2D eigenvalue weighted by atomic mass is 16.2. The molecule has 0 spiro atoms. The number of aryl methyl sites for hydroxylation is 1. The zero-order valence-electron chi connectivity index (χ0n) is 16.3. The van der Waals surface area contributed by atoms with Gasteiger partial charge in [0.15, 0.2) is 0 Å². The summed E-state index contributed by atoms with van der Waals surface area (Å²) in [6.07, 6.45) is 1.91. The molecule has 0 bridgehead atoms. The van der Waals surface area contributed by atoms with Gasteiger partial charge in [0.25, 0.3) is 5.91 Å². The summed E-state index contributed by atoms with van der Waals surface area (Å²) in [6.45, 7) is 8.39.